The van der Waals surface area contributed by atoms with Gasteiger partial charge in [-0.05, 0) is 62.1 Å². The highest BCUT2D eigenvalue weighted by atomic mass is 32.2. The standard InChI is InChI=1S/C25H29FN4O2S/c1-17-8-6-7-11-22(17)27-23(31)16-33-25-29-28-24(30(25)20-9-4-3-5-10-20)18(2)32-21-14-12-19(26)13-15-21/h3-5,9-10,12-15,17-18,22H,6-8,11,16H2,1-2H3,(H,27,31). The van der Waals surface area contributed by atoms with Crippen LogP contribution in [0.15, 0.2) is 59.8 Å². The van der Waals surface area contributed by atoms with Crippen LogP contribution >= 0.6 is 11.8 Å². The number of amides is 1. The van der Waals surface area contributed by atoms with E-state index in [1.54, 1.807) is 12.1 Å². The summed E-state index contributed by atoms with van der Waals surface area (Å²) in [7, 11) is 0. The van der Waals surface area contributed by atoms with Crippen LogP contribution in [0.3, 0.4) is 0 Å². The highest BCUT2D eigenvalue weighted by molar-refractivity contribution is 7.99. The van der Waals surface area contributed by atoms with Crippen molar-refractivity contribution in [2.24, 2.45) is 5.92 Å². The molecule has 174 valence electrons. The number of halogens is 1. The third-order valence-corrected chi connectivity index (χ3v) is 6.88. The average Bonchev–Trinajstić information content (AvgIpc) is 3.25. The van der Waals surface area contributed by atoms with Crippen molar-refractivity contribution in [3.63, 3.8) is 0 Å². The van der Waals surface area contributed by atoms with Gasteiger partial charge in [0.2, 0.25) is 5.91 Å². The van der Waals surface area contributed by atoms with Gasteiger partial charge in [0.1, 0.15) is 11.6 Å². The predicted octanol–water partition coefficient (Wildman–Crippen LogP) is 5.33. The molecule has 1 fully saturated rings. The first-order chi connectivity index (χ1) is 16.0. The van der Waals surface area contributed by atoms with Gasteiger partial charge in [-0.25, -0.2) is 4.39 Å². The zero-order valence-corrected chi connectivity index (χ0v) is 19.7. The number of ether oxygens (including phenoxy) is 1. The van der Waals surface area contributed by atoms with Crippen molar-refractivity contribution in [2.45, 2.75) is 56.8 Å². The largest absolute Gasteiger partial charge is 0.483 e. The number of aromatic nitrogens is 3. The molecule has 0 aliphatic heterocycles. The summed E-state index contributed by atoms with van der Waals surface area (Å²) < 4.78 is 21.1. The summed E-state index contributed by atoms with van der Waals surface area (Å²) in [6.07, 6.45) is 4.17. The molecule has 0 saturated heterocycles. The van der Waals surface area contributed by atoms with E-state index in [0.717, 1.165) is 18.5 Å². The Morgan fingerprint density at radius 2 is 1.88 bits per heavy atom. The molecule has 4 rings (SSSR count). The maximum atomic E-state index is 13.2. The number of carbonyl (C=O) groups excluding carboxylic acids is 1. The summed E-state index contributed by atoms with van der Waals surface area (Å²) in [5.41, 5.74) is 0.885. The number of rotatable bonds is 8. The van der Waals surface area contributed by atoms with Crippen molar-refractivity contribution in [2.75, 3.05) is 5.75 Å². The molecular formula is C25H29FN4O2S. The van der Waals surface area contributed by atoms with E-state index in [4.69, 9.17) is 4.74 Å². The first-order valence-corrected chi connectivity index (χ1v) is 12.3. The minimum atomic E-state index is -0.436. The highest BCUT2D eigenvalue weighted by Gasteiger charge is 2.24. The number of thioether (sulfide) groups is 1. The van der Waals surface area contributed by atoms with Crippen molar-refractivity contribution < 1.29 is 13.9 Å². The van der Waals surface area contributed by atoms with E-state index in [2.05, 4.69) is 22.4 Å². The van der Waals surface area contributed by atoms with E-state index >= 15 is 0 Å². The molecule has 0 bridgehead atoms. The molecular weight excluding hydrogens is 439 g/mol. The van der Waals surface area contributed by atoms with Crippen molar-refractivity contribution in [1.29, 1.82) is 0 Å². The maximum Gasteiger partial charge on any atom is 0.230 e. The Morgan fingerprint density at radius 1 is 1.15 bits per heavy atom. The molecule has 33 heavy (non-hydrogen) atoms. The van der Waals surface area contributed by atoms with Gasteiger partial charge >= 0.3 is 0 Å². The average molecular weight is 469 g/mol. The molecule has 3 atom stereocenters. The van der Waals surface area contributed by atoms with Gasteiger partial charge in [-0.1, -0.05) is 49.7 Å². The molecule has 1 aromatic heterocycles. The number of nitrogens with one attached hydrogen (secondary N) is 1. The second-order valence-corrected chi connectivity index (χ2v) is 9.39. The molecule has 8 heteroatoms. The van der Waals surface area contributed by atoms with E-state index < -0.39 is 6.10 Å². The van der Waals surface area contributed by atoms with Crippen LogP contribution in [0.1, 0.15) is 51.5 Å². The zero-order chi connectivity index (χ0) is 23.2. The Kier molecular flexibility index (Phi) is 7.65. The molecule has 1 N–H and O–H groups in total. The van der Waals surface area contributed by atoms with Gasteiger partial charge in [-0.2, -0.15) is 0 Å². The van der Waals surface area contributed by atoms with Crippen LogP contribution in [0.5, 0.6) is 5.75 Å². The summed E-state index contributed by atoms with van der Waals surface area (Å²) in [4.78, 5) is 12.6. The molecule has 3 unspecified atom stereocenters. The van der Waals surface area contributed by atoms with Crippen LogP contribution in [0.25, 0.3) is 5.69 Å². The number of hydrogen-bond acceptors (Lipinski definition) is 5. The minimum absolute atomic E-state index is 0.0125. The maximum absolute atomic E-state index is 13.2. The van der Waals surface area contributed by atoms with Gasteiger partial charge in [-0.3, -0.25) is 9.36 Å². The molecule has 6 nitrogen and oxygen atoms in total. The number of nitrogens with zero attached hydrogens (tertiary/aromatic N) is 3. The summed E-state index contributed by atoms with van der Waals surface area (Å²) in [6, 6.07) is 15.9. The molecule has 0 radical (unpaired) electrons. The number of benzene rings is 2. The molecule has 1 saturated carbocycles. The van der Waals surface area contributed by atoms with Gasteiger partial charge in [0.15, 0.2) is 17.1 Å². The second-order valence-electron chi connectivity index (χ2n) is 8.45. The zero-order valence-electron chi connectivity index (χ0n) is 18.9. The predicted molar refractivity (Wildman–Crippen MR) is 127 cm³/mol. The molecule has 1 heterocycles. The minimum Gasteiger partial charge on any atom is -0.483 e. The number of para-hydroxylation sites is 1. The van der Waals surface area contributed by atoms with Crippen LogP contribution < -0.4 is 10.1 Å². The lowest BCUT2D eigenvalue weighted by atomic mass is 9.86. The smallest absolute Gasteiger partial charge is 0.230 e. The van der Waals surface area contributed by atoms with Crippen molar-refractivity contribution in [1.82, 2.24) is 20.1 Å². The third kappa shape index (κ3) is 5.93. The first kappa shape index (κ1) is 23.3. The Labute approximate surface area is 197 Å². The molecule has 1 aliphatic rings. The lowest BCUT2D eigenvalue weighted by molar-refractivity contribution is -0.119. The summed E-state index contributed by atoms with van der Waals surface area (Å²) in [6.45, 7) is 4.08. The van der Waals surface area contributed by atoms with E-state index in [1.807, 2.05) is 41.8 Å². The summed E-state index contributed by atoms with van der Waals surface area (Å²) in [5.74, 6) is 1.62. The van der Waals surface area contributed by atoms with Gasteiger partial charge < -0.3 is 10.1 Å². The topological polar surface area (TPSA) is 69.0 Å². The van der Waals surface area contributed by atoms with Crippen LogP contribution in [0.2, 0.25) is 0 Å². The fourth-order valence-corrected chi connectivity index (χ4v) is 4.91. The van der Waals surface area contributed by atoms with Gasteiger partial charge in [0.25, 0.3) is 0 Å². The van der Waals surface area contributed by atoms with Gasteiger partial charge in [-0.15, -0.1) is 10.2 Å². The van der Waals surface area contributed by atoms with Crippen LogP contribution in [-0.4, -0.2) is 32.5 Å². The lowest BCUT2D eigenvalue weighted by Gasteiger charge is -2.29. The van der Waals surface area contributed by atoms with E-state index in [9.17, 15) is 9.18 Å². The lowest BCUT2D eigenvalue weighted by Crippen LogP contribution is -2.41. The Hall–Kier alpha value is -2.87. The van der Waals surface area contributed by atoms with Crippen molar-refractivity contribution >= 4 is 17.7 Å². The Morgan fingerprint density at radius 3 is 2.61 bits per heavy atom. The normalized spacial score (nSPS) is 19.1. The van der Waals surface area contributed by atoms with Gasteiger partial charge in [0.05, 0.1) is 5.75 Å². The monoisotopic (exact) mass is 468 g/mol. The number of carbonyl (C=O) groups is 1. The number of hydrogen-bond donors (Lipinski definition) is 1. The van der Waals surface area contributed by atoms with E-state index in [1.165, 1.54) is 36.7 Å². The first-order valence-electron chi connectivity index (χ1n) is 11.4. The highest BCUT2D eigenvalue weighted by Crippen LogP contribution is 2.28. The molecule has 3 aromatic rings. The summed E-state index contributed by atoms with van der Waals surface area (Å²) in [5, 5.41) is 12.5. The fourth-order valence-electron chi connectivity index (χ4n) is 4.14. The Bertz CT molecular complexity index is 1060. The van der Waals surface area contributed by atoms with Gasteiger partial charge in [0, 0.05) is 11.7 Å². The van der Waals surface area contributed by atoms with Crippen LogP contribution in [-0.2, 0) is 4.79 Å². The quantitative estimate of drug-likeness (QED) is 0.452. The summed E-state index contributed by atoms with van der Waals surface area (Å²) >= 11 is 1.36. The SMILES string of the molecule is CC(Oc1ccc(F)cc1)c1nnc(SCC(=O)NC2CCCCC2C)n1-c1ccccc1. The molecule has 1 amide bonds. The molecule has 2 aromatic carbocycles. The van der Waals surface area contributed by atoms with E-state index in [-0.39, 0.29) is 23.5 Å². The van der Waals surface area contributed by atoms with Crippen molar-refractivity contribution in [3.05, 3.63) is 66.2 Å². The Balaban J connectivity index is 1.50. The van der Waals surface area contributed by atoms with Crippen LogP contribution in [0.4, 0.5) is 4.39 Å². The molecule has 1 aliphatic carbocycles. The fraction of sp³-hybridized carbons (Fsp3) is 0.400. The van der Waals surface area contributed by atoms with E-state index in [0.29, 0.717) is 22.6 Å². The van der Waals surface area contributed by atoms with Crippen LogP contribution in [0, 0.1) is 11.7 Å². The molecule has 0 spiro atoms. The third-order valence-electron chi connectivity index (χ3n) is 5.95. The second kappa shape index (κ2) is 10.8. The van der Waals surface area contributed by atoms with Crippen molar-refractivity contribution in [3.8, 4) is 11.4 Å².